The van der Waals surface area contributed by atoms with Crippen molar-refractivity contribution in [1.82, 2.24) is 20.3 Å². The molecule has 1 unspecified atom stereocenters. The Morgan fingerprint density at radius 2 is 2.16 bits per heavy atom. The number of rotatable bonds is 8. The third kappa shape index (κ3) is 6.59. The molecule has 170 valence electrons. The lowest BCUT2D eigenvalue weighted by molar-refractivity contribution is -0.198. The lowest BCUT2D eigenvalue weighted by Gasteiger charge is -2.21. The Morgan fingerprint density at radius 3 is 2.94 bits per heavy atom. The number of amides is 1. The van der Waals surface area contributed by atoms with Crippen molar-refractivity contribution in [2.75, 3.05) is 25.0 Å². The van der Waals surface area contributed by atoms with E-state index in [2.05, 4.69) is 49.9 Å². The zero-order valence-electron chi connectivity index (χ0n) is 18.5. The van der Waals surface area contributed by atoms with Crippen LogP contribution in [0.15, 0.2) is 42.6 Å². The number of nitrogens with zero attached hydrogens (tertiary/aromatic N) is 3. The summed E-state index contributed by atoms with van der Waals surface area (Å²) < 4.78 is 5.42. The van der Waals surface area contributed by atoms with Crippen LogP contribution in [-0.2, 0) is 20.9 Å². The first-order valence-electron chi connectivity index (χ1n) is 11.3. The number of carbonyl (C=O) groups is 1. The van der Waals surface area contributed by atoms with E-state index in [0.29, 0.717) is 18.3 Å². The summed E-state index contributed by atoms with van der Waals surface area (Å²) in [5.74, 6) is 0.432. The number of ether oxygens (including phenoxy) is 1. The van der Waals surface area contributed by atoms with Gasteiger partial charge in [0.1, 0.15) is 5.82 Å². The van der Waals surface area contributed by atoms with Crippen LogP contribution in [0.2, 0.25) is 0 Å². The molecule has 1 aromatic heterocycles. The minimum Gasteiger partial charge on any atom is -0.365 e. The molecule has 1 amide bonds. The summed E-state index contributed by atoms with van der Waals surface area (Å²) in [6, 6.07) is 10.9. The predicted molar refractivity (Wildman–Crippen MR) is 122 cm³/mol. The van der Waals surface area contributed by atoms with E-state index in [9.17, 15) is 4.79 Å². The predicted octanol–water partition coefficient (Wildman–Crippen LogP) is 3.06. The van der Waals surface area contributed by atoms with Gasteiger partial charge in [0.2, 0.25) is 0 Å². The van der Waals surface area contributed by atoms with E-state index in [4.69, 9.17) is 9.57 Å². The second-order valence-electron chi connectivity index (χ2n) is 8.29. The summed E-state index contributed by atoms with van der Waals surface area (Å²) in [5, 5.41) is 3.52. The average molecular weight is 438 g/mol. The van der Waals surface area contributed by atoms with Crippen LogP contribution in [0.5, 0.6) is 0 Å². The van der Waals surface area contributed by atoms with Gasteiger partial charge in [-0.2, -0.15) is 0 Å². The SMILES string of the molecule is Cc1nc(C=CC(=O)NOC2CCCCO2)cnc1N[C@@H]1CCN(Cc2ccccc2)C1. The molecule has 3 heterocycles. The van der Waals surface area contributed by atoms with Gasteiger partial charge in [-0.1, -0.05) is 30.3 Å². The molecule has 0 aliphatic carbocycles. The molecule has 2 fully saturated rings. The number of hydrogen-bond donors (Lipinski definition) is 2. The normalized spacial score (nSPS) is 21.7. The molecule has 4 rings (SSSR count). The van der Waals surface area contributed by atoms with Gasteiger partial charge in [0.15, 0.2) is 6.29 Å². The van der Waals surface area contributed by atoms with Crippen molar-refractivity contribution in [3.05, 3.63) is 59.6 Å². The number of hydroxylamine groups is 1. The van der Waals surface area contributed by atoms with E-state index < -0.39 is 0 Å². The summed E-state index contributed by atoms with van der Waals surface area (Å²) in [6.07, 6.45) is 8.24. The fourth-order valence-electron chi connectivity index (χ4n) is 3.97. The molecular weight excluding hydrogens is 406 g/mol. The molecule has 2 saturated heterocycles. The smallest absolute Gasteiger partial charge is 0.267 e. The number of aryl methyl sites for hydroxylation is 1. The van der Waals surface area contributed by atoms with Gasteiger partial charge >= 0.3 is 0 Å². The summed E-state index contributed by atoms with van der Waals surface area (Å²) in [4.78, 5) is 28.8. The quantitative estimate of drug-likeness (QED) is 0.485. The molecule has 2 aliphatic heterocycles. The lowest BCUT2D eigenvalue weighted by atomic mass is 10.2. The number of nitrogens with one attached hydrogen (secondary N) is 2. The summed E-state index contributed by atoms with van der Waals surface area (Å²) >= 11 is 0. The molecule has 2 atom stereocenters. The van der Waals surface area contributed by atoms with Crippen molar-refractivity contribution in [3.63, 3.8) is 0 Å². The van der Waals surface area contributed by atoms with Gasteiger partial charge in [0.25, 0.3) is 5.91 Å². The molecule has 0 bridgehead atoms. The second-order valence-corrected chi connectivity index (χ2v) is 8.29. The monoisotopic (exact) mass is 437 g/mol. The van der Waals surface area contributed by atoms with Gasteiger partial charge in [-0.3, -0.25) is 9.69 Å². The van der Waals surface area contributed by atoms with E-state index in [0.717, 1.165) is 56.8 Å². The number of likely N-dealkylation sites (tertiary alicyclic amines) is 1. The zero-order valence-corrected chi connectivity index (χ0v) is 18.5. The van der Waals surface area contributed by atoms with Gasteiger partial charge in [-0.05, 0) is 37.8 Å². The highest BCUT2D eigenvalue weighted by Crippen LogP contribution is 2.19. The van der Waals surface area contributed by atoms with E-state index in [1.807, 2.05) is 13.0 Å². The van der Waals surface area contributed by atoms with Gasteiger partial charge in [-0.15, -0.1) is 0 Å². The number of hydrogen-bond acceptors (Lipinski definition) is 7. The molecule has 2 N–H and O–H groups in total. The van der Waals surface area contributed by atoms with Crippen LogP contribution < -0.4 is 10.8 Å². The Balaban J connectivity index is 1.24. The van der Waals surface area contributed by atoms with Gasteiger partial charge in [0.05, 0.1) is 17.6 Å². The van der Waals surface area contributed by atoms with Gasteiger partial charge < -0.3 is 10.1 Å². The van der Waals surface area contributed by atoms with Crippen molar-refractivity contribution in [3.8, 4) is 0 Å². The average Bonchev–Trinajstić information content (AvgIpc) is 3.26. The summed E-state index contributed by atoms with van der Waals surface area (Å²) in [6.45, 7) is 5.59. The van der Waals surface area contributed by atoms with Crippen LogP contribution in [0.4, 0.5) is 5.82 Å². The second kappa shape index (κ2) is 11.2. The van der Waals surface area contributed by atoms with Crippen LogP contribution in [0.25, 0.3) is 6.08 Å². The van der Waals surface area contributed by atoms with E-state index in [1.54, 1.807) is 12.3 Å². The van der Waals surface area contributed by atoms with Crippen molar-refractivity contribution < 1.29 is 14.4 Å². The van der Waals surface area contributed by atoms with Crippen LogP contribution in [-0.4, -0.2) is 52.8 Å². The third-order valence-electron chi connectivity index (χ3n) is 5.66. The third-order valence-corrected chi connectivity index (χ3v) is 5.66. The molecule has 0 saturated carbocycles. The van der Waals surface area contributed by atoms with Crippen LogP contribution in [0.3, 0.4) is 0 Å². The topological polar surface area (TPSA) is 88.6 Å². The van der Waals surface area contributed by atoms with E-state index in [-0.39, 0.29) is 12.2 Å². The van der Waals surface area contributed by atoms with Crippen LogP contribution in [0.1, 0.15) is 42.6 Å². The molecule has 32 heavy (non-hydrogen) atoms. The highest BCUT2D eigenvalue weighted by atomic mass is 16.8. The molecule has 8 heteroatoms. The molecule has 1 aromatic carbocycles. The maximum absolute atomic E-state index is 12.0. The minimum atomic E-state index is -0.368. The largest absolute Gasteiger partial charge is 0.365 e. The Bertz CT molecular complexity index is 915. The van der Waals surface area contributed by atoms with Crippen molar-refractivity contribution in [2.45, 2.75) is 51.5 Å². The van der Waals surface area contributed by atoms with Gasteiger partial charge in [-0.25, -0.2) is 20.3 Å². The van der Waals surface area contributed by atoms with E-state index >= 15 is 0 Å². The van der Waals surface area contributed by atoms with Crippen LogP contribution >= 0.6 is 0 Å². The van der Waals surface area contributed by atoms with Gasteiger partial charge in [0, 0.05) is 44.8 Å². The Kier molecular flexibility index (Phi) is 7.82. The van der Waals surface area contributed by atoms with Crippen molar-refractivity contribution in [2.24, 2.45) is 0 Å². The Labute approximate surface area is 189 Å². The van der Waals surface area contributed by atoms with Crippen molar-refractivity contribution in [1.29, 1.82) is 0 Å². The summed E-state index contributed by atoms with van der Waals surface area (Å²) in [5.41, 5.74) is 5.16. The highest BCUT2D eigenvalue weighted by Gasteiger charge is 2.23. The number of carbonyl (C=O) groups excluding carboxylic acids is 1. The Hall–Kier alpha value is -2.81. The first-order valence-corrected chi connectivity index (χ1v) is 11.3. The minimum absolute atomic E-state index is 0.345. The first kappa shape index (κ1) is 22.4. The maximum atomic E-state index is 12.0. The van der Waals surface area contributed by atoms with Crippen molar-refractivity contribution >= 4 is 17.8 Å². The highest BCUT2D eigenvalue weighted by molar-refractivity contribution is 5.90. The van der Waals surface area contributed by atoms with Crippen LogP contribution in [0, 0.1) is 6.92 Å². The number of aromatic nitrogens is 2. The number of anilines is 1. The molecule has 2 aromatic rings. The molecule has 8 nitrogen and oxygen atoms in total. The maximum Gasteiger partial charge on any atom is 0.267 e. The first-order chi connectivity index (χ1) is 15.7. The molecule has 2 aliphatic rings. The fraction of sp³-hybridized carbons (Fsp3) is 0.458. The fourth-order valence-corrected chi connectivity index (χ4v) is 3.97. The summed E-state index contributed by atoms with van der Waals surface area (Å²) in [7, 11) is 0. The zero-order chi connectivity index (χ0) is 22.2. The number of benzene rings is 1. The lowest BCUT2D eigenvalue weighted by Crippen LogP contribution is -2.32. The molecule has 0 spiro atoms. The molecule has 0 radical (unpaired) electrons. The Morgan fingerprint density at radius 1 is 1.28 bits per heavy atom. The standard InChI is InChI=1S/C24H31N5O3/c1-18-24(27-21-12-13-29(17-21)16-19-7-3-2-4-8-19)25-15-20(26-18)10-11-22(30)28-32-23-9-5-6-14-31-23/h2-4,7-8,10-11,15,21,23H,5-6,9,12-14,16-17H2,1H3,(H,25,27)(H,28,30)/t21-,23?/m1/s1. The van der Waals surface area contributed by atoms with E-state index in [1.165, 1.54) is 11.6 Å². The molecular formula is C24H31N5O3.